The first-order valence-electron chi connectivity index (χ1n) is 19.7. The van der Waals surface area contributed by atoms with Crippen LogP contribution in [0.1, 0.15) is 69.8 Å². The Kier molecular flexibility index (Phi) is 10.9. The highest BCUT2D eigenvalue weighted by Crippen LogP contribution is 2.46. The minimum Gasteiger partial charge on any atom is -0.497 e. The predicted octanol–water partition coefficient (Wildman–Crippen LogP) is 5.19. The molecule has 4 heterocycles. The van der Waals surface area contributed by atoms with E-state index in [2.05, 4.69) is 10.6 Å². The van der Waals surface area contributed by atoms with Gasteiger partial charge in [0, 0.05) is 48.8 Å². The Hall–Kier alpha value is -5.66. The minimum atomic E-state index is -1.49. The second-order valence-corrected chi connectivity index (χ2v) is 16.6. The van der Waals surface area contributed by atoms with Gasteiger partial charge in [-0.15, -0.1) is 0 Å². The minimum absolute atomic E-state index is 0.130. The van der Waals surface area contributed by atoms with Crippen molar-refractivity contribution in [2.45, 2.75) is 82.5 Å². The zero-order valence-corrected chi connectivity index (χ0v) is 33.1. The molecule has 3 aliphatic heterocycles. The van der Waals surface area contributed by atoms with E-state index in [1.165, 1.54) is 4.90 Å². The molecule has 302 valence electrons. The zero-order valence-electron chi connectivity index (χ0n) is 33.1. The highest BCUT2D eigenvalue weighted by atomic mass is 16.6. The maximum atomic E-state index is 14.5. The Morgan fingerprint density at radius 2 is 1.74 bits per heavy atom. The Morgan fingerprint density at radius 3 is 2.47 bits per heavy atom. The van der Waals surface area contributed by atoms with Crippen LogP contribution in [0.25, 0.3) is 22.0 Å². The van der Waals surface area contributed by atoms with Gasteiger partial charge < -0.3 is 39.8 Å². The first-order valence-corrected chi connectivity index (χ1v) is 19.7. The lowest BCUT2D eigenvalue weighted by Crippen LogP contribution is -2.58. The number of nitrogens with zero attached hydrogens (tertiary/aromatic N) is 3. The topological polar surface area (TPSA) is 177 Å². The largest absolute Gasteiger partial charge is 0.497 e. The van der Waals surface area contributed by atoms with Crippen LogP contribution in [0.15, 0.2) is 60.7 Å². The second-order valence-electron chi connectivity index (χ2n) is 16.6. The van der Waals surface area contributed by atoms with Crippen LogP contribution in [0.3, 0.4) is 0 Å². The summed E-state index contributed by atoms with van der Waals surface area (Å²) in [7, 11) is 3.15. The molecule has 3 fully saturated rings. The molecule has 3 N–H and O–H groups in total. The van der Waals surface area contributed by atoms with Gasteiger partial charge in [-0.1, -0.05) is 37.1 Å². The van der Waals surface area contributed by atoms with Crippen LogP contribution in [0.4, 0.5) is 4.79 Å². The normalized spacial score (nSPS) is 26.9. The van der Waals surface area contributed by atoms with Crippen molar-refractivity contribution >= 4 is 40.7 Å². The van der Waals surface area contributed by atoms with Gasteiger partial charge in [-0.2, -0.15) is 0 Å². The summed E-state index contributed by atoms with van der Waals surface area (Å²) in [5.41, 5.74) is 0.0798. The molecule has 2 saturated heterocycles. The van der Waals surface area contributed by atoms with E-state index >= 15 is 0 Å². The lowest BCUT2D eigenvalue weighted by molar-refractivity contribution is -0.146. The van der Waals surface area contributed by atoms with E-state index < -0.39 is 53.0 Å². The van der Waals surface area contributed by atoms with Crippen LogP contribution < -0.4 is 20.1 Å². The Bertz CT molecular complexity index is 2110. The number of carbonyl (C=O) groups excluding carboxylic acids is 4. The first-order chi connectivity index (χ1) is 27.2. The summed E-state index contributed by atoms with van der Waals surface area (Å²) in [6.45, 7) is 5.72. The molecule has 57 heavy (non-hydrogen) atoms. The van der Waals surface area contributed by atoms with Crippen LogP contribution in [-0.2, 0) is 19.1 Å². The SMILES string of the molecule is COc1cccc(-c2cc(C(=O)N3C[C@H]4CN5C(=O)[C@H](NC(=O)OC(C)(C)C)CCCCC/C=C\[C@H]6C[C@@]6(C(=O)O)NC(=O)[C@@H]5[C@H]4C3)nc3cc(OC)ccc23)c1. The van der Waals surface area contributed by atoms with E-state index in [1.54, 1.807) is 52.0 Å². The molecule has 0 unspecified atom stereocenters. The molecule has 0 radical (unpaired) electrons. The number of benzene rings is 2. The van der Waals surface area contributed by atoms with E-state index in [4.69, 9.17) is 19.2 Å². The van der Waals surface area contributed by atoms with Crippen molar-refractivity contribution in [3.05, 3.63) is 66.4 Å². The smallest absolute Gasteiger partial charge is 0.408 e. The number of amides is 4. The van der Waals surface area contributed by atoms with Crippen LogP contribution in [0.2, 0.25) is 0 Å². The van der Waals surface area contributed by atoms with E-state index in [1.807, 2.05) is 48.6 Å². The molecule has 2 aromatic carbocycles. The molecule has 7 rings (SSSR count). The molecule has 1 saturated carbocycles. The molecule has 4 amide bonds. The maximum Gasteiger partial charge on any atom is 0.408 e. The fourth-order valence-corrected chi connectivity index (χ4v) is 8.62. The van der Waals surface area contributed by atoms with Crippen molar-refractivity contribution < 1.29 is 43.3 Å². The second kappa shape index (κ2) is 15.7. The van der Waals surface area contributed by atoms with Crippen molar-refractivity contribution in [3.8, 4) is 22.6 Å². The number of carboxylic acid groups (broad SMARTS) is 1. The third-order valence-electron chi connectivity index (χ3n) is 11.6. The van der Waals surface area contributed by atoms with Gasteiger partial charge in [0.2, 0.25) is 11.8 Å². The van der Waals surface area contributed by atoms with E-state index in [9.17, 15) is 29.1 Å². The van der Waals surface area contributed by atoms with Crippen molar-refractivity contribution in [1.82, 2.24) is 25.4 Å². The maximum absolute atomic E-state index is 14.5. The summed E-state index contributed by atoms with van der Waals surface area (Å²) in [6.07, 6.45) is 6.63. The molecule has 6 atom stereocenters. The summed E-state index contributed by atoms with van der Waals surface area (Å²) in [6, 6.07) is 12.8. The molecule has 1 aromatic heterocycles. The highest BCUT2D eigenvalue weighted by molar-refractivity contribution is 6.02. The molecule has 0 spiro atoms. The number of carboxylic acids is 1. The van der Waals surface area contributed by atoms with Gasteiger partial charge >= 0.3 is 12.1 Å². The number of hydrogen-bond acceptors (Lipinski definition) is 9. The summed E-state index contributed by atoms with van der Waals surface area (Å²) in [5.74, 6) is -2.46. The quantitative estimate of drug-likeness (QED) is 0.282. The number of rotatable bonds is 6. The van der Waals surface area contributed by atoms with Gasteiger partial charge in [-0.25, -0.2) is 14.6 Å². The number of likely N-dealkylation sites (tertiary alicyclic amines) is 1. The number of alkyl carbamates (subject to hydrolysis) is 1. The molecule has 3 aromatic rings. The van der Waals surface area contributed by atoms with E-state index in [-0.39, 0.29) is 49.5 Å². The standard InChI is InChI=1S/C43H51N5O9/c1-42(2,3)57-41(54)45-33-15-10-8-6-7-9-13-27-21-43(27,40(52)53)46-37(49)36-32-24-47(22-26(32)23-48(36)39(33)51)38(50)35-20-31(25-12-11-14-28(18-25)55-4)30-17-16-29(56-5)19-34(30)44-35/h9,11-14,16-20,26-27,32-33,36H,6-8,10,15,21-24H2,1-5H3,(H,45,54)(H,46,49)(H,52,53)/b13-9-/t26-,27-,32-,33+,36-,43+/m0/s1. The molecule has 1 aliphatic carbocycles. The average Bonchev–Trinajstić information content (AvgIpc) is 3.53. The fraction of sp³-hybridized carbons (Fsp3) is 0.488. The summed E-state index contributed by atoms with van der Waals surface area (Å²) >= 11 is 0. The average molecular weight is 782 g/mol. The summed E-state index contributed by atoms with van der Waals surface area (Å²) in [4.78, 5) is 77.0. The number of aromatic nitrogens is 1. The van der Waals surface area contributed by atoms with Crippen molar-refractivity contribution in [1.29, 1.82) is 0 Å². The number of carbonyl (C=O) groups is 5. The van der Waals surface area contributed by atoms with E-state index in [0.29, 0.717) is 29.9 Å². The van der Waals surface area contributed by atoms with Crippen LogP contribution in [-0.4, -0.2) is 107 Å². The number of pyridine rings is 1. The molecule has 14 nitrogen and oxygen atoms in total. The number of methoxy groups -OCH3 is 2. The number of aliphatic carboxylic acids is 1. The Morgan fingerprint density at radius 1 is 0.965 bits per heavy atom. The van der Waals surface area contributed by atoms with Gasteiger partial charge in [-0.05, 0) is 87.9 Å². The monoisotopic (exact) mass is 781 g/mol. The third kappa shape index (κ3) is 8.12. The molecular weight excluding hydrogens is 730 g/mol. The number of nitrogens with one attached hydrogen (secondary N) is 2. The van der Waals surface area contributed by atoms with Crippen LogP contribution in [0, 0.1) is 17.8 Å². The lowest BCUT2D eigenvalue weighted by Gasteiger charge is -2.33. The highest BCUT2D eigenvalue weighted by Gasteiger charge is 2.62. The fourth-order valence-electron chi connectivity index (χ4n) is 8.62. The summed E-state index contributed by atoms with van der Waals surface area (Å²) in [5, 5.41) is 16.8. The number of hydrogen-bond donors (Lipinski definition) is 3. The molecule has 0 bridgehead atoms. The third-order valence-corrected chi connectivity index (χ3v) is 11.6. The first kappa shape index (κ1) is 39.6. The van der Waals surface area contributed by atoms with Crippen molar-refractivity contribution in [2.24, 2.45) is 17.8 Å². The van der Waals surface area contributed by atoms with Gasteiger partial charge in [0.15, 0.2) is 0 Å². The number of ether oxygens (including phenoxy) is 3. The molecule has 4 aliphatic rings. The number of fused-ring (bicyclic) bond motifs is 5. The van der Waals surface area contributed by atoms with Crippen LogP contribution in [0.5, 0.6) is 11.5 Å². The van der Waals surface area contributed by atoms with Gasteiger partial charge in [0.25, 0.3) is 5.91 Å². The zero-order chi connectivity index (χ0) is 40.6. The van der Waals surface area contributed by atoms with Crippen molar-refractivity contribution in [2.75, 3.05) is 33.9 Å². The van der Waals surface area contributed by atoms with Crippen LogP contribution >= 0.6 is 0 Å². The van der Waals surface area contributed by atoms with Gasteiger partial charge in [0.1, 0.15) is 40.4 Å². The summed E-state index contributed by atoms with van der Waals surface area (Å²) < 4.78 is 16.5. The van der Waals surface area contributed by atoms with Gasteiger partial charge in [0.05, 0.1) is 19.7 Å². The van der Waals surface area contributed by atoms with Gasteiger partial charge in [-0.3, -0.25) is 14.4 Å². The lowest BCUT2D eigenvalue weighted by atomic mass is 9.93. The molecule has 14 heteroatoms. The number of allylic oxidation sites excluding steroid dienone is 1. The van der Waals surface area contributed by atoms with Crippen molar-refractivity contribution in [3.63, 3.8) is 0 Å². The predicted molar refractivity (Wildman–Crippen MR) is 211 cm³/mol. The Balaban J connectivity index is 1.21. The Labute approximate surface area is 331 Å². The molecular formula is C43H51N5O9. The van der Waals surface area contributed by atoms with E-state index in [0.717, 1.165) is 35.8 Å².